The first-order valence-corrected chi connectivity index (χ1v) is 4.44. The summed E-state index contributed by atoms with van der Waals surface area (Å²) in [5.74, 6) is -0.570. The highest BCUT2D eigenvalue weighted by atomic mass is 16.5. The van der Waals surface area contributed by atoms with Crippen LogP contribution in [0, 0.1) is 5.21 Å². The number of ether oxygens (including phenoxy) is 1. The molecule has 0 amide bonds. The predicted molar refractivity (Wildman–Crippen MR) is 48.5 cm³/mol. The summed E-state index contributed by atoms with van der Waals surface area (Å²) in [5.41, 5.74) is 0.567. The summed E-state index contributed by atoms with van der Waals surface area (Å²) in [7, 11) is 0. The summed E-state index contributed by atoms with van der Waals surface area (Å²) in [5, 5.41) is 11.2. The van der Waals surface area contributed by atoms with E-state index in [1.807, 2.05) is 6.92 Å². The Morgan fingerprint density at radius 1 is 1.64 bits per heavy atom. The van der Waals surface area contributed by atoms with Gasteiger partial charge in [-0.3, -0.25) is 0 Å². The minimum Gasteiger partial charge on any atom is -0.618 e. The van der Waals surface area contributed by atoms with Gasteiger partial charge >= 0.3 is 5.97 Å². The molecule has 0 spiro atoms. The lowest BCUT2D eigenvalue weighted by atomic mass is 10.3. The number of hydrogen-bond donors (Lipinski definition) is 0. The van der Waals surface area contributed by atoms with E-state index in [2.05, 4.69) is 4.98 Å². The first kappa shape index (κ1) is 10.4. The van der Waals surface area contributed by atoms with Crippen molar-refractivity contribution < 1.29 is 14.3 Å². The summed E-state index contributed by atoms with van der Waals surface area (Å²) in [4.78, 5) is 15.0. The topological polar surface area (TPSA) is 66.1 Å². The molecular weight excluding hydrogens is 184 g/mol. The van der Waals surface area contributed by atoms with Gasteiger partial charge in [-0.2, -0.15) is 4.73 Å². The van der Waals surface area contributed by atoms with E-state index in [1.165, 1.54) is 6.20 Å². The Kier molecular flexibility index (Phi) is 3.39. The predicted octanol–water partition coefficient (Wildman–Crippen LogP) is 0.454. The smallest absolute Gasteiger partial charge is 0.363 e. The molecule has 0 unspecified atom stereocenters. The van der Waals surface area contributed by atoms with Gasteiger partial charge in [0.15, 0.2) is 0 Å². The Labute approximate surface area is 81.9 Å². The molecule has 76 valence electrons. The summed E-state index contributed by atoms with van der Waals surface area (Å²) in [6.45, 7) is 3.81. The van der Waals surface area contributed by atoms with Crippen LogP contribution < -0.4 is 4.73 Å². The fraction of sp³-hybridized carbons (Fsp3) is 0.444. The molecule has 0 aliphatic rings. The molecule has 1 aromatic rings. The van der Waals surface area contributed by atoms with Gasteiger partial charge in [0, 0.05) is 6.42 Å². The Bertz CT molecular complexity index is 339. The van der Waals surface area contributed by atoms with Crippen LogP contribution >= 0.6 is 0 Å². The van der Waals surface area contributed by atoms with Crippen molar-refractivity contribution in [2.45, 2.75) is 20.3 Å². The molecule has 0 aliphatic carbocycles. The van der Waals surface area contributed by atoms with E-state index < -0.39 is 5.97 Å². The second-order valence-electron chi connectivity index (χ2n) is 2.66. The maximum atomic E-state index is 11.2. The number of rotatable bonds is 3. The first-order chi connectivity index (χ1) is 6.69. The molecular formula is C9H12N2O3. The number of aryl methyl sites for hydroxylation is 1. The normalized spacial score (nSPS) is 9.86. The summed E-state index contributed by atoms with van der Waals surface area (Å²) >= 11 is 0. The molecule has 0 aromatic carbocycles. The van der Waals surface area contributed by atoms with Crippen LogP contribution in [0.2, 0.25) is 0 Å². The summed E-state index contributed by atoms with van der Waals surface area (Å²) in [6, 6.07) is 0. The largest absolute Gasteiger partial charge is 0.618 e. The van der Waals surface area contributed by atoms with E-state index in [9.17, 15) is 10.0 Å². The van der Waals surface area contributed by atoms with Crippen LogP contribution in [0.1, 0.15) is 30.0 Å². The molecule has 0 saturated heterocycles. The van der Waals surface area contributed by atoms with E-state index in [0.29, 0.717) is 16.8 Å². The highest BCUT2D eigenvalue weighted by Gasteiger charge is 2.13. The van der Waals surface area contributed by atoms with Crippen molar-refractivity contribution in [2.24, 2.45) is 0 Å². The number of hydrogen-bond acceptors (Lipinski definition) is 4. The maximum absolute atomic E-state index is 11.2. The number of carbonyl (C=O) groups excluding carboxylic acids is 1. The van der Waals surface area contributed by atoms with Crippen LogP contribution in [-0.2, 0) is 11.2 Å². The number of carbonyl (C=O) groups is 1. The maximum Gasteiger partial charge on any atom is 0.363 e. The van der Waals surface area contributed by atoms with Gasteiger partial charge in [0.2, 0.25) is 17.6 Å². The van der Waals surface area contributed by atoms with Gasteiger partial charge in [-0.05, 0) is 6.92 Å². The van der Waals surface area contributed by atoms with Gasteiger partial charge < -0.3 is 9.94 Å². The van der Waals surface area contributed by atoms with Crippen LogP contribution in [-0.4, -0.2) is 17.6 Å². The molecule has 14 heavy (non-hydrogen) atoms. The summed E-state index contributed by atoms with van der Waals surface area (Å²) in [6.07, 6.45) is 3.11. The average Bonchev–Trinajstić information content (AvgIpc) is 2.18. The highest BCUT2D eigenvalue weighted by molar-refractivity contribution is 5.86. The van der Waals surface area contributed by atoms with Crippen molar-refractivity contribution in [3.63, 3.8) is 0 Å². The standard InChI is InChI=1S/C9H12N2O3/c1-3-7-5-10-8(6-11(7)13)9(12)14-4-2/h5-6H,3-4H2,1-2H3. The van der Waals surface area contributed by atoms with Crippen molar-refractivity contribution in [3.05, 3.63) is 29.0 Å². The number of aromatic nitrogens is 2. The Balaban J connectivity index is 2.91. The molecule has 1 aromatic heterocycles. The van der Waals surface area contributed by atoms with Gasteiger partial charge in [-0.15, -0.1) is 0 Å². The third-order valence-corrected chi connectivity index (χ3v) is 1.72. The van der Waals surface area contributed by atoms with Gasteiger partial charge in [0.05, 0.1) is 12.8 Å². The average molecular weight is 196 g/mol. The van der Waals surface area contributed by atoms with Crippen molar-refractivity contribution >= 4 is 5.97 Å². The fourth-order valence-corrected chi connectivity index (χ4v) is 0.986. The molecule has 0 N–H and O–H groups in total. The van der Waals surface area contributed by atoms with Crippen LogP contribution in [0.5, 0.6) is 0 Å². The SMILES string of the molecule is CCOC(=O)c1c[n+]([O-])c(CC)cn1. The number of nitrogens with zero attached hydrogens (tertiary/aromatic N) is 2. The van der Waals surface area contributed by atoms with Crippen LogP contribution in [0.25, 0.3) is 0 Å². The molecule has 0 bridgehead atoms. The molecule has 0 fully saturated rings. The fourth-order valence-electron chi connectivity index (χ4n) is 0.986. The Morgan fingerprint density at radius 3 is 2.86 bits per heavy atom. The molecule has 5 heteroatoms. The van der Waals surface area contributed by atoms with Crippen LogP contribution in [0.4, 0.5) is 0 Å². The lowest BCUT2D eigenvalue weighted by Gasteiger charge is -2.03. The van der Waals surface area contributed by atoms with E-state index >= 15 is 0 Å². The third kappa shape index (κ3) is 2.18. The van der Waals surface area contributed by atoms with Gasteiger partial charge in [-0.1, -0.05) is 6.92 Å². The molecule has 0 atom stereocenters. The second-order valence-corrected chi connectivity index (χ2v) is 2.66. The quantitative estimate of drug-likeness (QED) is 0.400. The van der Waals surface area contributed by atoms with E-state index in [-0.39, 0.29) is 12.3 Å². The van der Waals surface area contributed by atoms with Crippen molar-refractivity contribution in [1.29, 1.82) is 0 Å². The number of esters is 1. The zero-order valence-corrected chi connectivity index (χ0v) is 8.19. The van der Waals surface area contributed by atoms with Crippen molar-refractivity contribution in [1.82, 2.24) is 4.98 Å². The zero-order chi connectivity index (χ0) is 10.6. The van der Waals surface area contributed by atoms with Gasteiger partial charge in [-0.25, -0.2) is 9.78 Å². The Hall–Kier alpha value is -1.65. The van der Waals surface area contributed by atoms with E-state index in [0.717, 1.165) is 6.20 Å². The molecule has 5 nitrogen and oxygen atoms in total. The minimum absolute atomic E-state index is 0.0408. The van der Waals surface area contributed by atoms with Crippen molar-refractivity contribution in [2.75, 3.05) is 6.61 Å². The van der Waals surface area contributed by atoms with Crippen LogP contribution in [0.3, 0.4) is 0 Å². The highest BCUT2D eigenvalue weighted by Crippen LogP contribution is 1.96. The minimum atomic E-state index is -0.570. The monoisotopic (exact) mass is 196 g/mol. The molecule has 1 rings (SSSR count). The molecule has 0 radical (unpaired) electrons. The molecule has 0 saturated carbocycles. The Morgan fingerprint density at radius 2 is 2.36 bits per heavy atom. The van der Waals surface area contributed by atoms with Crippen molar-refractivity contribution in [3.8, 4) is 0 Å². The second kappa shape index (κ2) is 4.55. The van der Waals surface area contributed by atoms with E-state index in [4.69, 9.17) is 4.74 Å². The van der Waals surface area contributed by atoms with Gasteiger partial charge in [0.25, 0.3) is 0 Å². The molecule has 1 heterocycles. The van der Waals surface area contributed by atoms with Crippen LogP contribution in [0.15, 0.2) is 12.4 Å². The lowest BCUT2D eigenvalue weighted by Crippen LogP contribution is -2.33. The zero-order valence-electron chi connectivity index (χ0n) is 8.19. The molecule has 0 aliphatic heterocycles. The first-order valence-electron chi connectivity index (χ1n) is 4.44. The van der Waals surface area contributed by atoms with E-state index in [1.54, 1.807) is 6.92 Å². The van der Waals surface area contributed by atoms with Gasteiger partial charge in [0.1, 0.15) is 0 Å². The third-order valence-electron chi connectivity index (χ3n) is 1.72. The lowest BCUT2D eigenvalue weighted by molar-refractivity contribution is -0.614. The summed E-state index contributed by atoms with van der Waals surface area (Å²) < 4.78 is 5.34.